The number of guanidine groups is 1. The maximum Gasteiger partial charge on any atom is 0.191 e. The van der Waals surface area contributed by atoms with Crippen LogP contribution in [-0.4, -0.2) is 75.7 Å². The monoisotopic (exact) mass is 283 g/mol. The zero-order valence-electron chi connectivity index (χ0n) is 13.8. The molecular formula is C15H33N5. The highest BCUT2D eigenvalue weighted by Crippen LogP contribution is 2.04. The molecule has 2 N–H and O–H groups in total. The molecule has 5 heteroatoms. The summed E-state index contributed by atoms with van der Waals surface area (Å²) in [5.74, 6) is 0.933. The van der Waals surface area contributed by atoms with Crippen molar-refractivity contribution in [1.82, 2.24) is 20.4 Å². The topological polar surface area (TPSA) is 42.9 Å². The highest BCUT2D eigenvalue weighted by atomic mass is 15.3. The maximum atomic E-state index is 4.30. The zero-order valence-corrected chi connectivity index (χ0v) is 13.8. The first-order valence-corrected chi connectivity index (χ1v) is 8.00. The zero-order chi connectivity index (χ0) is 14.8. The van der Waals surface area contributed by atoms with Gasteiger partial charge in [0, 0.05) is 45.8 Å². The molecule has 0 aromatic heterocycles. The largest absolute Gasteiger partial charge is 0.356 e. The van der Waals surface area contributed by atoms with Gasteiger partial charge in [-0.3, -0.25) is 9.89 Å². The minimum atomic E-state index is 0.562. The molecule has 1 atom stereocenters. The Morgan fingerprint density at radius 1 is 1.15 bits per heavy atom. The molecule has 1 heterocycles. The Balaban J connectivity index is 2.20. The second-order valence-electron chi connectivity index (χ2n) is 5.84. The Hall–Kier alpha value is -0.810. The average Bonchev–Trinajstić information content (AvgIpc) is 2.45. The van der Waals surface area contributed by atoms with Gasteiger partial charge in [0.15, 0.2) is 5.96 Å². The molecule has 0 aromatic rings. The molecule has 1 saturated heterocycles. The maximum absolute atomic E-state index is 4.30. The molecule has 5 nitrogen and oxygen atoms in total. The summed E-state index contributed by atoms with van der Waals surface area (Å²) in [6.07, 6.45) is 5.14. The quantitative estimate of drug-likeness (QED) is 0.415. The van der Waals surface area contributed by atoms with E-state index in [4.69, 9.17) is 0 Å². The summed E-state index contributed by atoms with van der Waals surface area (Å²) in [6.45, 7) is 7.64. The number of nitrogens with zero attached hydrogens (tertiary/aromatic N) is 3. The van der Waals surface area contributed by atoms with Crippen LogP contribution < -0.4 is 10.6 Å². The number of hydrogen-bond donors (Lipinski definition) is 2. The van der Waals surface area contributed by atoms with Gasteiger partial charge in [-0.15, -0.1) is 0 Å². The van der Waals surface area contributed by atoms with E-state index in [0.29, 0.717) is 6.04 Å². The summed E-state index contributed by atoms with van der Waals surface area (Å²) in [5, 5.41) is 6.85. The molecule has 1 unspecified atom stereocenters. The molecule has 0 radical (unpaired) electrons. The first-order valence-electron chi connectivity index (χ1n) is 8.00. The summed E-state index contributed by atoms with van der Waals surface area (Å²) in [7, 11) is 6.25. The second-order valence-corrected chi connectivity index (χ2v) is 5.84. The highest BCUT2D eigenvalue weighted by molar-refractivity contribution is 5.79. The number of aliphatic imine (C=N–C) groups is 1. The van der Waals surface area contributed by atoms with Crippen molar-refractivity contribution in [3.05, 3.63) is 0 Å². The van der Waals surface area contributed by atoms with Crippen LogP contribution in [0.2, 0.25) is 0 Å². The lowest BCUT2D eigenvalue weighted by Crippen LogP contribution is -2.55. The highest BCUT2D eigenvalue weighted by Gasteiger charge is 2.21. The van der Waals surface area contributed by atoms with Crippen molar-refractivity contribution in [3.8, 4) is 0 Å². The van der Waals surface area contributed by atoms with Crippen LogP contribution in [0.3, 0.4) is 0 Å². The third-order valence-electron chi connectivity index (χ3n) is 4.03. The number of hydrogen-bond acceptors (Lipinski definition) is 3. The molecule has 0 aromatic carbocycles. The van der Waals surface area contributed by atoms with Gasteiger partial charge in [0.1, 0.15) is 0 Å². The van der Waals surface area contributed by atoms with E-state index >= 15 is 0 Å². The van der Waals surface area contributed by atoms with Gasteiger partial charge < -0.3 is 15.5 Å². The molecule has 0 saturated carbocycles. The van der Waals surface area contributed by atoms with Crippen molar-refractivity contribution in [1.29, 1.82) is 0 Å². The Kier molecular flexibility index (Phi) is 8.62. The van der Waals surface area contributed by atoms with E-state index in [1.165, 1.54) is 25.7 Å². The molecule has 20 heavy (non-hydrogen) atoms. The van der Waals surface area contributed by atoms with E-state index in [1.807, 2.05) is 7.05 Å². The van der Waals surface area contributed by atoms with Crippen molar-refractivity contribution in [2.75, 3.05) is 53.9 Å². The predicted molar refractivity (Wildman–Crippen MR) is 87.4 cm³/mol. The van der Waals surface area contributed by atoms with Gasteiger partial charge in [0.25, 0.3) is 0 Å². The summed E-state index contributed by atoms with van der Waals surface area (Å²) in [5.41, 5.74) is 0. The minimum absolute atomic E-state index is 0.562. The smallest absolute Gasteiger partial charge is 0.191 e. The van der Waals surface area contributed by atoms with E-state index in [-0.39, 0.29) is 0 Å². The number of unbranched alkanes of at least 4 members (excludes halogenated alkanes) is 3. The number of piperazine rings is 1. The van der Waals surface area contributed by atoms with Gasteiger partial charge in [-0.1, -0.05) is 26.2 Å². The Labute approximate surface area is 124 Å². The van der Waals surface area contributed by atoms with Gasteiger partial charge in [-0.25, -0.2) is 0 Å². The van der Waals surface area contributed by atoms with Crippen molar-refractivity contribution in [2.45, 2.75) is 38.6 Å². The molecule has 118 valence electrons. The van der Waals surface area contributed by atoms with Gasteiger partial charge in [0.05, 0.1) is 0 Å². The van der Waals surface area contributed by atoms with E-state index < -0.39 is 0 Å². The molecule has 0 aliphatic carbocycles. The summed E-state index contributed by atoms with van der Waals surface area (Å²) < 4.78 is 0. The van der Waals surface area contributed by atoms with Crippen LogP contribution in [0.4, 0.5) is 0 Å². The standard InChI is InChI=1S/C15H33N5/c1-5-6-7-8-9-17-15(16-2)18-12-14-13-19(3)10-11-20(14)4/h14H,5-13H2,1-4H3,(H2,16,17,18). The van der Waals surface area contributed by atoms with Gasteiger partial charge >= 0.3 is 0 Å². The lowest BCUT2D eigenvalue weighted by molar-refractivity contribution is 0.116. The Morgan fingerprint density at radius 3 is 2.65 bits per heavy atom. The SMILES string of the molecule is CCCCCCNC(=NC)NCC1CN(C)CCN1C. The van der Waals surface area contributed by atoms with E-state index in [1.54, 1.807) is 0 Å². The lowest BCUT2D eigenvalue weighted by atomic mass is 10.2. The summed E-state index contributed by atoms with van der Waals surface area (Å²) in [4.78, 5) is 9.12. The number of rotatable bonds is 7. The van der Waals surface area contributed by atoms with Crippen LogP contribution in [0.15, 0.2) is 4.99 Å². The summed E-state index contributed by atoms with van der Waals surface area (Å²) in [6, 6.07) is 0.562. The number of nitrogens with one attached hydrogen (secondary N) is 2. The van der Waals surface area contributed by atoms with Crippen molar-refractivity contribution in [2.24, 2.45) is 4.99 Å². The van der Waals surface area contributed by atoms with Crippen molar-refractivity contribution < 1.29 is 0 Å². The van der Waals surface area contributed by atoms with Gasteiger partial charge in [-0.2, -0.15) is 0 Å². The van der Waals surface area contributed by atoms with Crippen LogP contribution in [0.25, 0.3) is 0 Å². The molecule has 0 spiro atoms. The first-order chi connectivity index (χ1) is 9.67. The number of likely N-dealkylation sites (N-methyl/N-ethyl adjacent to an activating group) is 2. The fraction of sp³-hybridized carbons (Fsp3) is 0.933. The van der Waals surface area contributed by atoms with Crippen LogP contribution in [0.5, 0.6) is 0 Å². The normalized spacial score (nSPS) is 22.0. The van der Waals surface area contributed by atoms with Gasteiger partial charge in [0.2, 0.25) is 0 Å². The average molecular weight is 283 g/mol. The first kappa shape index (κ1) is 17.2. The fourth-order valence-corrected chi connectivity index (χ4v) is 2.52. The van der Waals surface area contributed by atoms with E-state index in [9.17, 15) is 0 Å². The molecule has 1 aliphatic rings. The van der Waals surface area contributed by atoms with E-state index in [2.05, 4.69) is 46.4 Å². The molecule has 1 fully saturated rings. The van der Waals surface area contributed by atoms with Crippen LogP contribution >= 0.6 is 0 Å². The van der Waals surface area contributed by atoms with E-state index in [0.717, 1.165) is 38.7 Å². The molecular weight excluding hydrogens is 250 g/mol. The third kappa shape index (κ3) is 6.57. The summed E-state index contributed by atoms with van der Waals surface area (Å²) >= 11 is 0. The molecule has 0 bridgehead atoms. The molecule has 0 amide bonds. The van der Waals surface area contributed by atoms with Crippen molar-refractivity contribution >= 4 is 5.96 Å². The van der Waals surface area contributed by atoms with Crippen LogP contribution in [-0.2, 0) is 0 Å². The van der Waals surface area contributed by atoms with Gasteiger partial charge in [-0.05, 0) is 20.5 Å². The fourth-order valence-electron chi connectivity index (χ4n) is 2.52. The second kappa shape index (κ2) is 10.00. The third-order valence-corrected chi connectivity index (χ3v) is 4.03. The van der Waals surface area contributed by atoms with Crippen LogP contribution in [0.1, 0.15) is 32.6 Å². The van der Waals surface area contributed by atoms with Crippen LogP contribution in [0, 0.1) is 0 Å². The molecule has 1 rings (SSSR count). The predicted octanol–water partition coefficient (Wildman–Crippen LogP) is 0.978. The Bertz CT molecular complexity index is 279. The Morgan fingerprint density at radius 2 is 1.95 bits per heavy atom. The van der Waals surface area contributed by atoms with Crippen molar-refractivity contribution in [3.63, 3.8) is 0 Å². The minimum Gasteiger partial charge on any atom is -0.356 e. The molecule has 1 aliphatic heterocycles. The lowest BCUT2D eigenvalue weighted by Gasteiger charge is -2.37.